The maximum atomic E-state index is 13.6. The standard InChI is InChI=1S/C14H16FN3OS/c1-9(16)6-7-17-13(19)12-8-20-14(18-12)10-4-2-3-5-11(10)15/h2-5,8-9H,6-7,16H2,1H3,(H,17,19). The molecular weight excluding hydrogens is 277 g/mol. The number of nitrogens with two attached hydrogens (primary N) is 1. The molecule has 3 N–H and O–H groups in total. The van der Waals surface area contributed by atoms with Crippen LogP contribution in [0.15, 0.2) is 29.6 Å². The number of halogens is 1. The van der Waals surface area contributed by atoms with E-state index in [1.165, 1.54) is 17.4 Å². The van der Waals surface area contributed by atoms with Gasteiger partial charge in [0.2, 0.25) is 0 Å². The highest BCUT2D eigenvalue weighted by Crippen LogP contribution is 2.25. The molecule has 2 rings (SSSR count). The molecule has 2 aromatic rings. The Morgan fingerprint density at radius 3 is 2.95 bits per heavy atom. The summed E-state index contributed by atoms with van der Waals surface area (Å²) in [6, 6.07) is 6.42. The molecule has 106 valence electrons. The summed E-state index contributed by atoms with van der Waals surface area (Å²) in [6.07, 6.45) is 0.704. The Morgan fingerprint density at radius 2 is 2.25 bits per heavy atom. The molecule has 1 amide bonds. The SMILES string of the molecule is CC(N)CCNC(=O)c1csc(-c2ccccc2F)n1. The predicted molar refractivity (Wildman–Crippen MR) is 78.1 cm³/mol. The van der Waals surface area contributed by atoms with Gasteiger partial charge in [0.25, 0.3) is 5.91 Å². The zero-order valence-electron chi connectivity index (χ0n) is 11.1. The number of thiazole rings is 1. The highest BCUT2D eigenvalue weighted by Gasteiger charge is 2.13. The van der Waals surface area contributed by atoms with Crippen LogP contribution in [0.2, 0.25) is 0 Å². The van der Waals surface area contributed by atoms with Gasteiger partial charge in [-0.05, 0) is 25.5 Å². The number of hydrogen-bond donors (Lipinski definition) is 2. The normalized spacial score (nSPS) is 12.2. The molecular formula is C14H16FN3OS. The molecule has 0 aliphatic heterocycles. The Kier molecular flexibility index (Phi) is 4.81. The molecule has 1 heterocycles. The molecule has 1 aromatic heterocycles. The van der Waals surface area contributed by atoms with Crippen molar-refractivity contribution >= 4 is 17.2 Å². The van der Waals surface area contributed by atoms with Crippen LogP contribution in [0.4, 0.5) is 4.39 Å². The number of carbonyl (C=O) groups excluding carboxylic acids is 1. The molecule has 0 aliphatic rings. The van der Waals surface area contributed by atoms with Crippen LogP contribution in [0.5, 0.6) is 0 Å². The van der Waals surface area contributed by atoms with Crippen molar-refractivity contribution < 1.29 is 9.18 Å². The van der Waals surface area contributed by atoms with Gasteiger partial charge in [-0.15, -0.1) is 11.3 Å². The molecule has 0 fully saturated rings. The highest BCUT2D eigenvalue weighted by atomic mass is 32.1. The molecule has 0 spiro atoms. The van der Waals surface area contributed by atoms with Gasteiger partial charge in [0.15, 0.2) is 0 Å². The number of aromatic nitrogens is 1. The van der Waals surface area contributed by atoms with Crippen molar-refractivity contribution in [2.24, 2.45) is 5.73 Å². The lowest BCUT2D eigenvalue weighted by molar-refractivity contribution is 0.0948. The van der Waals surface area contributed by atoms with E-state index >= 15 is 0 Å². The van der Waals surface area contributed by atoms with Gasteiger partial charge >= 0.3 is 0 Å². The Labute approximate surface area is 120 Å². The summed E-state index contributed by atoms with van der Waals surface area (Å²) in [7, 11) is 0. The average molecular weight is 293 g/mol. The monoisotopic (exact) mass is 293 g/mol. The van der Waals surface area contributed by atoms with Crippen LogP contribution >= 0.6 is 11.3 Å². The van der Waals surface area contributed by atoms with Gasteiger partial charge in [-0.25, -0.2) is 9.37 Å². The van der Waals surface area contributed by atoms with Crippen molar-refractivity contribution in [3.05, 3.63) is 41.2 Å². The van der Waals surface area contributed by atoms with Crippen LogP contribution in [0.25, 0.3) is 10.6 Å². The Bertz CT molecular complexity index is 598. The van der Waals surface area contributed by atoms with Gasteiger partial charge in [-0.1, -0.05) is 12.1 Å². The zero-order valence-corrected chi connectivity index (χ0v) is 11.9. The number of amides is 1. The van der Waals surface area contributed by atoms with Crippen molar-refractivity contribution in [1.29, 1.82) is 0 Å². The summed E-state index contributed by atoms with van der Waals surface area (Å²) in [5.74, 6) is -0.602. The van der Waals surface area contributed by atoms with Gasteiger partial charge < -0.3 is 11.1 Å². The van der Waals surface area contributed by atoms with E-state index in [4.69, 9.17) is 5.73 Å². The lowest BCUT2D eigenvalue weighted by Gasteiger charge is -2.05. The third-order valence-corrected chi connectivity index (χ3v) is 3.60. The van der Waals surface area contributed by atoms with E-state index in [1.807, 2.05) is 6.92 Å². The first-order valence-electron chi connectivity index (χ1n) is 6.32. The van der Waals surface area contributed by atoms with E-state index in [2.05, 4.69) is 10.3 Å². The van der Waals surface area contributed by atoms with E-state index in [-0.39, 0.29) is 17.8 Å². The molecule has 1 unspecified atom stereocenters. The summed E-state index contributed by atoms with van der Waals surface area (Å²) in [5, 5.41) is 4.87. The van der Waals surface area contributed by atoms with Gasteiger partial charge in [0, 0.05) is 23.5 Å². The van der Waals surface area contributed by atoms with Crippen LogP contribution < -0.4 is 11.1 Å². The molecule has 0 saturated heterocycles. The molecule has 1 aromatic carbocycles. The van der Waals surface area contributed by atoms with E-state index in [0.717, 1.165) is 0 Å². The van der Waals surface area contributed by atoms with Crippen molar-refractivity contribution in [2.75, 3.05) is 6.54 Å². The Morgan fingerprint density at radius 1 is 1.50 bits per heavy atom. The number of carbonyl (C=O) groups is 1. The van der Waals surface area contributed by atoms with Gasteiger partial charge in [-0.2, -0.15) is 0 Å². The number of nitrogens with one attached hydrogen (secondary N) is 1. The summed E-state index contributed by atoms with van der Waals surface area (Å²) >= 11 is 1.25. The maximum absolute atomic E-state index is 13.6. The Balaban J connectivity index is 2.06. The molecule has 0 aliphatic carbocycles. The first-order chi connectivity index (χ1) is 9.58. The fourth-order valence-corrected chi connectivity index (χ4v) is 2.47. The first kappa shape index (κ1) is 14.6. The largest absolute Gasteiger partial charge is 0.351 e. The van der Waals surface area contributed by atoms with Crippen LogP contribution in [0.3, 0.4) is 0 Å². The van der Waals surface area contributed by atoms with E-state index in [0.29, 0.717) is 29.2 Å². The molecule has 0 radical (unpaired) electrons. The summed E-state index contributed by atoms with van der Waals surface area (Å²) in [6.45, 7) is 2.38. The summed E-state index contributed by atoms with van der Waals surface area (Å²) < 4.78 is 13.6. The van der Waals surface area contributed by atoms with E-state index in [1.54, 1.807) is 23.6 Å². The molecule has 6 heteroatoms. The number of nitrogens with zero attached hydrogens (tertiary/aromatic N) is 1. The fourth-order valence-electron chi connectivity index (χ4n) is 1.64. The van der Waals surface area contributed by atoms with Crippen molar-refractivity contribution in [3.63, 3.8) is 0 Å². The molecule has 1 atom stereocenters. The van der Waals surface area contributed by atoms with E-state index in [9.17, 15) is 9.18 Å². The average Bonchev–Trinajstić information content (AvgIpc) is 2.88. The minimum Gasteiger partial charge on any atom is -0.351 e. The summed E-state index contributed by atoms with van der Waals surface area (Å²) in [5.41, 5.74) is 6.32. The second-order valence-electron chi connectivity index (χ2n) is 4.54. The second-order valence-corrected chi connectivity index (χ2v) is 5.40. The number of hydrogen-bond acceptors (Lipinski definition) is 4. The molecule has 20 heavy (non-hydrogen) atoms. The van der Waals surface area contributed by atoms with Crippen molar-refractivity contribution in [3.8, 4) is 10.6 Å². The minimum absolute atomic E-state index is 0.0414. The van der Waals surface area contributed by atoms with Gasteiger partial charge in [0.05, 0.1) is 0 Å². The molecule has 4 nitrogen and oxygen atoms in total. The topological polar surface area (TPSA) is 68.0 Å². The fraction of sp³-hybridized carbons (Fsp3) is 0.286. The second kappa shape index (κ2) is 6.58. The first-order valence-corrected chi connectivity index (χ1v) is 7.20. The summed E-state index contributed by atoms with van der Waals surface area (Å²) in [4.78, 5) is 16.0. The van der Waals surface area contributed by atoms with Crippen LogP contribution in [0.1, 0.15) is 23.8 Å². The predicted octanol–water partition coefficient (Wildman–Crippen LogP) is 2.42. The molecule has 0 saturated carbocycles. The van der Waals surface area contributed by atoms with Crippen molar-refractivity contribution in [1.82, 2.24) is 10.3 Å². The third kappa shape index (κ3) is 3.61. The third-order valence-electron chi connectivity index (χ3n) is 2.73. The van der Waals surface area contributed by atoms with Crippen LogP contribution in [0, 0.1) is 5.82 Å². The molecule has 0 bridgehead atoms. The van der Waals surface area contributed by atoms with Crippen LogP contribution in [-0.4, -0.2) is 23.5 Å². The minimum atomic E-state index is -0.342. The quantitative estimate of drug-likeness (QED) is 0.889. The van der Waals surface area contributed by atoms with Gasteiger partial charge in [-0.3, -0.25) is 4.79 Å². The van der Waals surface area contributed by atoms with Crippen molar-refractivity contribution in [2.45, 2.75) is 19.4 Å². The maximum Gasteiger partial charge on any atom is 0.270 e. The van der Waals surface area contributed by atoms with Crippen LogP contribution in [-0.2, 0) is 0 Å². The number of rotatable bonds is 5. The number of benzene rings is 1. The Hall–Kier alpha value is -1.79. The lowest BCUT2D eigenvalue weighted by atomic mass is 10.2. The van der Waals surface area contributed by atoms with Gasteiger partial charge in [0.1, 0.15) is 16.5 Å². The van der Waals surface area contributed by atoms with E-state index < -0.39 is 0 Å². The zero-order chi connectivity index (χ0) is 14.5. The lowest BCUT2D eigenvalue weighted by Crippen LogP contribution is -2.29. The smallest absolute Gasteiger partial charge is 0.270 e. The highest BCUT2D eigenvalue weighted by molar-refractivity contribution is 7.13.